The Kier molecular flexibility index (Phi) is 4.38. The molecule has 0 saturated carbocycles. The number of likely N-dealkylation sites (tertiary alicyclic amines) is 1. The lowest BCUT2D eigenvalue weighted by Gasteiger charge is -2.32. The number of piperidine rings is 1. The van der Waals surface area contributed by atoms with Gasteiger partial charge >= 0.3 is 5.69 Å². The summed E-state index contributed by atoms with van der Waals surface area (Å²) in [7, 11) is 1.62. The van der Waals surface area contributed by atoms with E-state index in [0.717, 1.165) is 40.6 Å². The van der Waals surface area contributed by atoms with Gasteiger partial charge < -0.3 is 19.0 Å². The van der Waals surface area contributed by atoms with E-state index in [9.17, 15) is 9.59 Å². The van der Waals surface area contributed by atoms with Gasteiger partial charge in [0.25, 0.3) is 5.91 Å². The number of fused-ring (bicyclic) bond motifs is 2. The van der Waals surface area contributed by atoms with Crippen LogP contribution in [0.25, 0.3) is 22.0 Å². The van der Waals surface area contributed by atoms with Gasteiger partial charge in [-0.05, 0) is 50.1 Å². The Morgan fingerprint density at radius 2 is 1.93 bits per heavy atom. The molecule has 1 aliphatic rings. The quantitative estimate of drug-likeness (QED) is 0.561. The van der Waals surface area contributed by atoms with Crippen LogP contribution in [0.15, 0.2) is 51.7 Å². The molecule has 5 rings (SSSR count). The summed E-state index contributed by atoms with van der Waals surface area (Å²) in [5.74, 6) is 1.00. The summed E-state index contributed by atoms with van der Waals surface area (Å²) in [6, 6.07) is 13.3. The van der Waals surface area contributed by atoms with E-state index in [2.05, 4.69) is 4.98 Å². The maximum atomic E-state index is 13.1. The van der Waals surface area contributed by atoms with Gasteiger partial charge in [0.05, 0.1) is 18.1 Å². The van der Waals surface area contributed by atoms with Crippen molar-refractivity contribution in [1.82, 2.24) is 14.5 Å². The highest BCUT2D eigenvalue weighted by molar-refractivity contribution is 5.99. The topological polar surface area (TPSA) is 80.5 Å². The number of rotatable bonds is 3. The number of aromatic nitrogens is 2. The Balaban J connectivity index is 1.37. The smallest absolute Gasteiger partial charge is 0.326 e. The van der Waals surface area contributed by atoms with E-state index in [-0.39, 0.29) is 17.6 Å². The van der Waals surface area contributed by atoms with E-state index in [4.69, 9.17) is 9.15 Å². The summed E-state index contributed by atoms with van der Waals surface area (Å²) in [6.07, 6.45) is 1.45. The fourth-order valence-electron chi connectivity index (χ4n) is 4.44. The van der Waals surface area contributed by atoms with Crippen LogP contribution in [0.5, 0.6) is 5.75 Å². The molecule has 0 bridgehead atoms. The van der Waals surface area contributed by atoms with Gasteiger partial charge in [-0.2, -0.15) is 0 Å². The zero-order chi connectivity index (χ0) is 20.8. The third-order valence-corrected chi connectivity index (χ3v) is 6.08. The number of carbonyl (C=O) groups is 1. The lowest BCUT2D eigenvalue weighted by molar-refractivity contribution is 0.0664. The number of carbonyl (C=O) groups excluding carboxylic acids is 1. The molecule has 2 aromatic carbocycles. The van der Waals surface area contributed by atoms with Crippen LogP contribution in [0, 0.1) is 6.92 Å². The second-order valence-electron chi connectivity index (χ2n) is 7.76. The average Bonchev–Trinajstić information content (AvgIpc) is 3.29. The van der Waals surface area contributed by atoms with E-state index in [1.165, 1.54) is 0 Å². The molecule has 3 heterocycles. The first-order valence-electron chi connectivity index (χ1n) is 10.1. The Bertz CT molecular complexity index is 1310. The zero-order valence-corrected chi connectivity index (χ0v) is 17.0. The van der Waals surface area contributed by atoms with Crippen LogP contribution < -0.4 is 10.4 Å². The van der Waals surface area contributed by atoms with Crippen LogP contribution in [-0.4, -0.2) is 40.6 Å². The summed E-state index contributed by atoms with van der Waals surface area (Å²) < 4.78 is 13.0. The van der Waals surface area contributed by atoms with Gasteiger partial charge in [0.2, 0.25) is 0 Å². The number of para-hydroxylation sites is 2. The number of amides is 1. The Hall–Kier alpha value is -3.48. The maximum Gasteiger partial charge on any atom is 0.326 e. The van der Waals surface area contributed by atoms with Gasteiger partial charge in [0, 0.05) is 30.1 Å². The van der Waals surface area contributed by atoms with E-state index in [0.29, 0.717) is 24.4 Å². The molecule has 154 valence electrons. The number of methoxy groups -OCH3 is 1. The van der Waals surface area contributed by atoms with Crippen molar-refractivity contribution in [2.24, 2.45) is 0 Å². The van der Waals surface area contributed by atoms with Crippen molar-refractivity contribution >= 4 is 27.9 Å². The van der Waals surface area contributed by atoms with Crippen molar-refractivity contribution in [1.29, 1.82) is 0 Å². The molecule has 4 aromatic rings. The van der Waals surface area contributed by atoms with Crippen LogP contribution >= 0.6 is 0 Å². The fraction of sp³-hybridized carbons (Fsp3) is 0.304. The van der Waals surface area contributed by atoms with E-state index < -0.39 is 0 Å². The number of nitrogens with zero attached hydrogens (tertiary/aromatic N) is 2. The van der Waals surface area contributed by atoms with Gasteiger partial charge in [-0.25, -0.2) is 4.79 Å². The van der Waals surface area contributed by atoms with Crippen LogP contribution in [0.4, 0.5) is 0 Å². The van der Waals surface area contributed by atoms with Crippen LogP contribution in [-0.2, 0) is 0 Å². The Morgan fingerprint density at radius 1 is 1.17 bits per heavy atom. The summed E-state index contributed by atoms with van der Waals surface area (Å²) in [5.41, 5.74) is 3.16. The van der Waals surface area contributed by atoms with Crippen LogP contribution in [0.3, 0.4) is 0 Å². The zero-order valence-electron chi connectivity index (χ0n) is 17.0. The van der Waals surface area contributed by atoms with Gasteiger partial charge in [-0.1, -0.05) is 12.1 Å². The average molecular weight is 405 g/mol. The number of aryl methyl sites for hydroxylation is 1. The van der Waals surface area contributed by atoms with E-state index in [1.54, 1.807) is 7.11 Å². The van der Waals surface area contributed by atoms with Crippen molar-refractivity contribution in [2.45, 2.75) is 25.8 Å². The minimum Gasteiger partial charge on any atom is -0.497 e. The van der Waals surface area contributed by atoms with Gasteiger partial charge in [-0.3, -0.25) is 9.36 Å². The number of aromatic amines is 1. The normalized spacial score (nSPS) is 15.2. The van der Waals surface area contributed by atoms with Gasteiger partial charge in [-0.15, -0.1) is 0 Å². The number of hydrogen-bond acceptors (Lipinski definition) is 4. The molecule has 1 saturated heterocycles. The first-order valence-corrected chi connectivity index (χ1v) is 10.1. The molecule has 7 nitrogen and oxygen atoms in total. The molecular weight excluding hydrogens is 382 g/mol. The van der Waals surface area contributed by atoms with Crippen molar-refractivity contribution in [3.8, 4) is 5.75 Å². The molecule has 1 aliphatic heterocycles. The largest absolute Gasteiger partial charge is 0.497 e. The predicted octanol–water partition coefficient (Wildman–Crippen LogP) is 3.87. The lowest BCUT2D eigenvalue weighted by Crippen LogP contribution is -2.40. The summed E-state index contributed by atoms with van der Waals surface area (Å²) >= 11 is 0. The first-order chi connectivity index (χ1) is 14.6. The van der Waals surface area contributed by atoms with Crippen LogP contribution in [0.2, 0.25) is 0 Å². The van der Waals surface area contributed by atoms with Crippen molar-refractivity contribution in [3.63, 3.8) is 0 Å². The maximum absolute atomic E-state index is 13.1. The second kappa shape index (κ2) is 7.09. The van der Waals surface area contributed by atoms with E-state index >= 15 is 0 Å². The minimum atomic E-state index is -0.104. The SMILES string of the molecule is COc1ccc2oc(C(=O)N3CCC(n4c(=O)[nH]c5ccccc54)CC3)c(C)c2c1. The van der Waals surface area contributed by atoms with Crippen molar-refractivity contribution < 1.29 is 13.9 Å². The lowest BCUT2D eigenvalue weighted by atomic mass is 10.0. The van der Waals surface area contributed by atoms with Gasteiger partial charge in [0.1, 0.15) is 11.3 Å². The standard InChI is InChI=1S/C23H23N3O4/c1-14-17-13-16(29-2)7-8-20(17)30-21(14)22(27)25-11-9-15(10-12-25)26-19-6-4-3-5-18(19)24-23(26)28/h3-8,13,15H,9-12H2,1-2H3,(H,24,28). The molecule has 30 heavy (non-hydrogen) atoms. The third kappa shape index (κ3) is 2.89. The number of ether oxygens (including phenoxy) is 1. The Morgan fingerprint density at radius 3 is 2.70 bits per heavy atom. The number of nitrogens with one attached hydrogen (secondary N) is 1. The number of imidazole rings is 1. The van der Waals surface area contributed by atoms with Crippen molar-refractivity contribution in [2.75, 3.05) is 20.2 Å². The first kappa shape index (κ1) is 18.5. The molecule has 7 heteroatoms. The van der Waals surface area contributed by atoms with Crippen LogP contribution in [0.1, 0.15) is 35.0 Å². The highest BCUT2D eigenvalue weighted by atomic mass is 16.5. The summed E-state index contributed by atoms with van der Waals surface area (Å²) in [5, 5.41) is 0.887. The molecule has 1 amide bonds. The number of H-pyrrole nitrogens is 1. The molecule has 0 atom stereocenters. The molecular formula is C23H23N3O4. The summed E-state index contributed by atoms with van der Waals surface area (Å²) in [4.78, 5) is 30.4. The fourth-order valence-corrected chi connectivity index (χ4v) is 4.44. The Labute approximate surface area is 172 Å². The minimum absolute atomic E-state index is 0.0683. The molecule has 1 N–H and O–H groups in total. The molecule has 2 aromatic heterocycles. The monoisotopic (exact) mass is 405 g/mol. The molecule has 0 unspecified atom stereocenters. The number of furan rings is 1. The number of hydrogen-bond donors (Lipinski definition) is 1. The predicted molar refractivity (Wildman–Crippen MR) is 114 cm³/mol. The second-order valence-corrected chi connectivity index (χ2v) is 7.76. The third-order valence-electron chi connectivity index (χ3n) is 6.08. The molecule has 1 fully saturated rings. The molecule has 0 spiro atoms. The van der Waals surface area contributed by atoms with E-state index in [1.807, 2.05) is 58.9 Å². The highest BCUT2D eigenvalue weighted by Crippen LogP contribution is 2.31. The summed E-state index contributed by atoms with van der Waals surface area (Å²) in [6.45, 7) is 3.06. The van der Waals surface area contributed by atoms with Gasteiger partial charge in [0.15, 0.2) is 5.76 Å². The molecule has 0 aliphatic carbocycles. The molecule has 0 radical (unpaired) electrons. The number of benzene rings is 2. The highest BCUT2D eigenvalue weighted by Gasteiger charge is 2.29. The van der Waals surface area contributed by atoms with Crippen molar-refractivity contribution in [3.05, 3.63) is 64.3 Å².